The molecule has 0 radical (unpaired) electrons. The fourth-order valence-electron chi connectivity index (χ4n) is 3.65. The van der Waals surface area contributed by atoms with Crippen LogP contribution in [0.15, 0.2) is 72.1 Å². The second-order valence-corrected chi connectivity index (χ2v) is 10.8. The Hall–Kier alpha value is -3.04. The molecule has 0 fully saturated rings. The quantitative estimate of drug-likeness (QED) is 0.336. The van der Waals surface area contributed by atoms with Crippen molar-refractivity contribution in [3.05, 3.63) is 72.8 Å². The van der Waals surface area contributed by atoms with Gasteiger partial charge in [0.2, 0.25) is 5.91 Å². The van der Waals surface area contributed by atoms with E-state index < -0.39 is 9.84 Å². The van der Waals surface area contributed by atoms with E-state index in [-0.39, 0.29) is 23.0 Å². The third-order valence-electron chi connectivity index (χ3n) is 5.45. The van der Waals surface area contributed by atoms with Crippen molar-refractivity contribution in [1.82, 2.24) is 14.5 Å². The number of nitrogens with zero attached hydrogens (tertiary/aromatic N) is 4. The van der Waals surface area contributed by atoms with Crippen molar-refractivity contribution in [3.8, 4) is 0 Å². The average Bonchev–Trinajstić information content (AvgIpc) is 3.50. The summed E-state index contributed by atoms with van der Waals surface area (Å²) >= 11 is 1.47. The van der Waals surface area contributed by atoms with E-state index in [1.807, 2.05) is 29.0 Å². The van der Waals surface area contributed by atoms with E-state index in [9.17, 15) is 13.2 Å². The lowest BCUT2D eigenvalue weighted by Gasteiger charge is -2.20. The van der Waals surface area contributed by atoms with Crippen molar-refractivity contribution in [2.24, 2.45) is 0 Å². The molecule has 0 N–H and O–H groups in total. The van der Waals surface area contributed by atoms with Gasteiger partial charge in [-0.3, -0.25) is 9.69 Å². The zero-order valence-corrected chi connectivity index (χ0v) is 20.1. The summed E-state index contributed by atoms with van der Waals surface area (Å²) in [6, 6.07) is 14.3. The van der Waals surface area contributed by atoms with Crippen molar-refractivity contribution in [1.29, 1.82) is 0 Å². The van der Waals surface area contributed by atoms with Gasteiger partial charge in [0.1, 0.15) is 0 Å². The van der Waals surface area contributed by atoms with E-state index in [2.05, 4.69) is 11.9 Å². The molecule has 0 aliphatic rings. The Bertz CT molecular complexity index is 1320. The summed E-state index contributed by atoms with van der Waals surface area (Å²) in [7, 11) is -3.54. The molecule has 0 bridgehead atoms. The fraction of sp³-hybridized carbons (Fsp3) is 0.292. The van der Waals surface area contributed by atoms with Gasteiger partial charge in [-0.1, -0.05) is 48.6 Å². The lowest BCUT2D eigenvalue weighted by atomic mass is 10.1. The first-order chi connectivity index (χ1) is 16.0. The topological polar surface area (TPSA) is 85.2 Å². The first kappa shape index (κ1) is 23.1. The van der Waals surface area contributed by atoms with Gasteiger partial charge >= 0.3 is 0 Å². The molecule has 4 rings (SSSR count). The Balaban J connectivity index is 1.54. The smallest absolute Gasteiger partial charge is 0.229 e. The lowest BCUT2D eigenvalue weighted by molar-refractivity contribution is -0.118. The number of aryl methyl sites for hydroxylation is 2. The zero-order valence-electron chi connectivity index (χ0n) is 18.4. The number of imidazole rings is 1. The SMILES string of the molecule is CCc1cccc2sc(N(CCCn3ccnc3)C(=O)CCS(=O)(=O)c3ccccc3)nc12. The van der Waals surface area contributed by atoms with Crippen LogP contribution in [-0.2, 0) is 27.6 Å². The average molecular weight is 483 g/mol. The summed E-state index contributed by atoms with van der Waals surface area (Å²) in [6.45, 7) is 3.23. The standard InChI is InChI=1S/C24H26N4O3S2/c1-2-19-8-6-11-21-23(19)26-24(32-21)28(15-7-14-27-16-13-25-18-27)22(29)12-17-33(30,31)20-9-4-3-5-10-20/h3-6,8-11,13,16,18H,2,7,12,14-15,17H2,1H3. The van der Waals surface area contributed by atoms with Crippen molar-refractivity contribution in [2.45, 2.75) is 37.6 Å². The van der Waals surface area contributed by atoms with Crippen molar-refractivity contribution >= 4 is 42.4 Å². The predicted octanol–water partition coefficient (Wildman–Crippen LogP) is 4.34. The number of rotatable bonds is 10. The van der Waals surface area contributed by atoms with Gasteiger partial charge in [0.05, 0.1) is 27.2 Å². The van der Waals surface area contributed by atoms with Gasteiger partial charge in [0.15, 0.2) is 15.0 Å². The number of amides is 1. The van der Waals surface area contributed by atoms with E-state index >= 15 is 0 Å². The Morgan fingerprint density at radius 1 is 1.12 bits per heavy atom. The number of para-hydroxylation sites is 1. The highest BCUT2D eigenvalue weighted by atomic mass is 32.2. The Kier molecular flexibility index (Phi) is 7.20. The molecule has 1 amide bonds. The third-order valence-corrected chi connectivity index (χ3v) is 8.22. The molecule has 4 aromatic rings. The van der Waals surface area contributed by atoms with Gasteiger partial charge in [0, 0.05) is 31.9 Å². The minimum absolute atomic E-state index is 0.0984. The van der Waals surface area contributed by atoms with E-state index in [0.717, 1.165) is 22.2 Å². The second-order valence-electron chi connectivity index (χ2n) is 7.70. The summed E-state index contributed by atoms with van der Waals surface area (Å²) < 4.78 is 28.4. The van der Waals surface area contributed by atoms with Crippen LogP contribution >= 0.6 is 11.3 Å². The van der Waals surface area contributed by atoms with E-state index in [0.29, 0.717) is 24.6 Å². The van der Waals surface area contributed by atoms with Crippen LogP contribution in [0, 0.1) is 0 Å². The molecule has 2 heterocycles. The third kappa shape index (κ3) is 5.48. The van der Waals surface area contributed by atoms with E-state index in [1.54, 1.807) is 47.8 Å². The van der Waals surface area contributed by atoms with Gasteiger partial charge in [-0.05, 0) is 36.6 Å². The van der Waals surface area contributed by atoms with Crippen LogP contribution in [0.25, 0.3) is 10.2 Å². The van der Waals surface area contributed by atoms with Crippen LogP contribution in [0.3, 0.4) is 0 Å². The van der Waals surface area contributed by atoms with E-state index in [4.69, 9.17) is 4.98 Å². The first-order valence-electron chi connectivity index (χ1n) is 10.9. The number of sulfone groups is 1. The lowest BCUT2D eigenvalue weighted by Crippen LogP contribution is -2.33. The van der Waals surface area contributed by atoms with Crippen LogP contribution in [0.5, 0.6) is 0 Å². The summed E-state index contributed by atoms with van der Waals surface area (Å²) in [5.74, 6) is -0.476. The number of hydrogen-bond acceptors (Lipinski definition) is 6. The number of anilines is 1. The molecule has 0 saturated heterocycles. The number of carbonyl (C=O) groups excluding carboxylic acids is 1. The summed E-state index contributed by atoms with van der Waals surface area (Å²) in [5.41, 5.74) is 2.04. The highest BCUT2D eigenvalue weighted by molar-refractivity contribution is 7.91. The fourth-order valence-corrected chi connectivity index (χ4v) is 5.96. The van der Waals surface area contributed by atoms with Gasteiger partial charge in [-0.25, -0.2) is 18.4 Å². The minimum Gasteiger partial charge on any atom is -0.337 e. The van der Waals surface area contributed by atoms with Crippen LogP contribution in [0.4, 0.5) is 5.13 Å². The highest BCUT2D eigenvalue weighted by Crippen LogP contribution is 2.31. The number of benzene rings is 2. The number of carbonyl (C=O) groups is 1. The number of fused-ring (bicyclic) bond motifs is 1. The van der Waals surface area contributed by atoms with Crippen molar-refractivity contribution in [3.63, 3.8) is 0 Å². The maximum atomic E-state index is 13.3. The summed E-state index contributed by atoms with van der Waals surface area (Å²) in [4.78, 5) is 24.0. The maximum absolute atomic E-state index is 13.3. The molecule has 2 aromatic heterocycles. The Labute approximate surface area is 197 Å². The molecule has 7 nitrogen and oxygen atoms in total. The number of thiazole rings is 1. The Morgan fingerprint density at radius 3 is 2.67 bits per heavy atom. The highest BCUT2D eigenvalue weighted by Gasteiger charge is 2.23. The second kappa shape index (κ2) is 10.3. The first-order valence-corrected chi connectivity index (χ1v) is 13.4. The van der Waals surface area contributed by atoms with Crippen molar-refractivity contribution in [2.75, 3.05) is 17.2 Å². The molecule has 172 valence electrons. The van der Waals surface area contributed by atoms with Crippen LogP contribution < -0.4 is 4.90 Å². The number of hydrogen-bond donors (Lipinski definition) is 0. The molecule has 9 heteroatoms. The van der Waals surface area contributed by atoms with Gasteiger partial charge < -0.3 is 4.57 Å². The largest absolute Gasteiger partial charge is 0.337 e. The maximum Gasteiger partial charge on any atom is 0.229 e. The predicted molar refractivity (Wildman–Crippen MR) is 131 cm³/mol. The Morgan fingerprint density at radius 2 is 1.94 bits per heavy atom. The van der Waals surface area contributed by atoms with E-state index in [1.165, 1.54) is 11.3 Å². The van der Waals surface area contributed by atoms with Crippen LogP contribution in [0.1, 0.15) is 25.3 Å². The van der Waals surface area contributed by atoms with Gasteiger partial charge in [0.25, 0.3) is 0 Å². The van der Waals surface area contributed by atoms with Gasteiger partial charge in [-0.15, -0.1) is 0 Å². The van der Waals surface area contributed by atoms with Crippen LogP contribution in [0.2, 0.25) is 0 Å². The molecule has 2 aromatic carbocycles. The minimum atomic E-state index is -3.54. The molecule has 0 unspecified atom stereocenters. The number of aromatic nitrogens is 3. The molecular formula is C24H26N4O3S2. The van der Waals surface area contributed by atoms with Crippen LogP contribution in [-0.4, -0.2) is 41.2 Å². The van der Waals surface area contributed by atoms with Crippen molar-refractivity contribution < 1.29 is 13.2 Å². The molecule has 0 atom stereocenters. The molecular weight excluding hydrogens is 456 g/mol. The molecule has 0 spiro atoms. The van der Waals surface area contributed by atoms with Gasteiger partial charge in [-0.2, -0.15) is 0 Å². The molecule has 0 saturated carbocycles. The molecule has 0 aliphatic heterocycles. The molecule has 33 heavy (non-hydrogen) atoms. The monoisotopic (exact) mass is 482 g/mol. The molecule has 0 aliphatic carbocycles. The zero-order chi connectivity index (χ0) is 23.3. The normalized spacial score (nSPS) is 11.7. The summed E-state index contributed by atoms with van der Waals surface area (Å²) in [6.07, 6.45) is 6.79. The summed E-state index contributed by atoms with van der Waals surface area (Å²) in [5, 5.41) is 0.610.